The lowest BCUT2D eigenvalue weighted by molar-refractivity contribution is 0.0738. The maximum Gasteiger partial charge on any atom is 0.256 e. The first-order chi connectivity index (χ1) is 8.09. The summed E-state index contributed by atoms with van der Waals surface area (Å²) >= 11 is 0. The number of rotatable bonds is 2. The Morgan fingerprint density at radius 1 is 1.47 bits per heavy atom. The Morgan fingerprint density at radius 2 is 2.24 bits per heavy atom. The third kappa shape index (κ3) is 2.44. The fraction of sp³-hybridized carbons (Fsp3) is 0.417. The number of hydrogen-bond donors (Lipinski definition) is 1. The highest BCUT2D eigenvalue weighted by atomic mass is 19.1. The largest absolute Gasteiger partial charge is 0.337 e. The van der Waals surface area contributed by atoms with Crippen LogP contribution in [-0.4, -0.2) is 37.0 Å². The van der Waals surface area contributed by atoms with Crippen molar-refractivity contribution in [2.24, 2.45) is 0 Å². The van der Waals surface area contributed by atoms with Crippen molar-refractivity contribution in [3.63, 3.8) is 0 Å². The van der Waals surface area contributed by atoms with E-state index in [0.717, 1.165) is 31.2 Å². The van der Waals surface area contributed by atoms with Crippen LogP contribution in [0.2, 0.25) is 0 Å². The Hall–Kier alpha value is -1.49. The van der Waals surface area contributed by atoms with Crippen LogP contribution in [0, 0.1) is 11.6 Å². The van der Waals surface area contributed by atoms with Crippen molar-refractivity contribution in [1.82, 2.24) is 10.2 Å². The van der Waals surface area contributed by atoms with Gasteiger partial charge in [0.2, 0.25) is 0 Å². The van der Waals surface area contributed by atoms with Gasteiger partial charge >= 0.3 is 0 Å². The average molecular weight is 240 g/mol. The molecule has 0 bridgehead atoms. The summed E-state index contributed by atoms with van der Waals surface area (Å²) in [6, 6.07) is 2.97. The summed E-state index contributed by atoms with van der Waals surface area (Å²) in [7, 11) is 1.62. The van der Waals surface area contributed by atoms with Gasteiger partial charge in [0.05, 0.1) is 5.56 Å². The molecule has 1 fully saturated rings. The number of benzene rings is 1. The molecule has 1 N–H and O–H groups in total. The van der Waals surface area contributed by atoms with E-state index in [2.05, 4.69) is 5.32 Å². The van der Waals surface area contributed by atoms with Crippen LogP contribution >= 0.6 is 0 Å². The van der Waals surface area contributed by atoms with Crippen molar-refractivity contribution >= 4 is 5.91 Å². The first-order valence-corrected chi connectivity index (χ1v) is 5.52. The number of nitrogens with one attached hydrogen (secondary N) is 1. The fourth-order valence-corrected chi connectivity index (χ4v) is 1.99. The van der Waals surface area contributed by atoms with Crippen LogP contribution in [0.15, 0.2) is 18.2 Å². The smallest absolute Gasteiger partial charge is 0.256 e. The molecule has 0 spiro atoms. The maximum absolute atomic E-state index is 13.4. The molecule has 1 aliphatic rings. The summed E-state index contributed by atoms with van der Waals surface area (Å²) in [5.41, 5.74) is -0.209. The molecule has 92 valence electrons. The van der Waals surface area contributed by atoms with E-state index >= 15 is 0 Å². The second kappa shape index (κ2) is 4.79. The highest BCUT2D eigenvalue weighted by molar-refractivity contribution is 5.94. The van der Waals surface area contributed by atoms with Gasteiger partial charge in [0.1, 0.15) is 11.6 Å². The highest BCUT2D eigenvalue weighted by Gasteiger charge is 2.25. The molecule has 1 aromatic carbocycles. The minimum atomic E-state index is -0.686. The number of hydrogen-bond acceptors (Lipinski definition) is 2. The minimum absolute atomic E-state index is 0.0465. The first-order valence-electron chi connectivity index (χ1n) is 5.52. The number of carbonyl (C=O) groups is 1. The summed E-state index contributed by atoms with van der Waals surface area (Å²) in [6.45, 7) is 1.53. The number of nitrogens with zero attached hydrogens (tertiary/aromatic N) is 1. The normalized spacial score (nSPS) is 19.4. The standard InChI is InChI=1S/C12H14F2N2O/c1-16(9-4-5-15-7-9)12(17)10-6-8(13)2-3-11(10)14/h2-3,6,9,15H,4-5,7H2,1H3/t9-/m1/s1. The summed E-state index contributed by atoms with van der Waals surface area (Å²) in [6.07, 6.45) is 0.833. The molecule has 0 radical (unpaired) electrons. The lowest BCUT2D eigenvalue weighted by Gasteiger charge is -2.23. The Kier molecular flexibility index (Phi) is 3.38. The average Bonchev–Trinajstić information content (AvgIpc) is 2.84. The van der Waals surface area contributed by atoms with Crippen LogP contribution in [0.5, 0.6) is 0 Å². The minimum Gasteiger partial charge on any atom is -0.337 e. The molecule has 0 aliphatic carbocycles. The van der Waals surface area contributed by atoms with E-state index in [1.807, 2.05) is 0 Å². The molecule has 0 saturated carbocycles. The maximum atomic E-state index is 13.4. The Balaban J connectivity index is 2.20. The molecule has 1 atom stereocenters. The van der Waals surface area contributed by atoms with Crippen molar-refractivity contribution in [3.05, 3.63) is 35.4 Å². The number of amides is 1. The van der Waals surface area contributed by atoms with Crippen molar-refractivity contribution in [2.75, 3.05) is 20.1 Å². The molecular weight excluding hydrogens is 226 g/mol. The lowest BCUT2D eigenvalue weighted by Crippen LogP contribution is -2.38. The van der Waals surface area contributed by atoms with Gasteiger partial charge in [-0.3, -0.25) is 4.79 Å². The van der Waals surface area contributed by atoms with Crippen molar-refractivity contribution < 1.29 is 13.6 Å². The van der Waals surface area contributed by atoms with Gasteiger partial charge < -0.3 is 10.2 Å². The summed E-state index contributed by atoms with van der Waals surface area (Å²) in [5, 5.41) is 3.12. The lowest BCUT2D eigenvalue weighted by atomic mass is 10.1. The van der Waals surface area contributed by atoms with Crippen LogP contribution in [0.25, 0.3) is 0 Å². The van der Waals surface area contributed by atoms with E-state index in [9.17, 15) is 13.6 Å². The SMILES string of the molecule is CN(C(=O)c1cc(F)ccc1F)[C@@H]1CCNC1. The fourth-order valence-electron chi connectivity index (χ4n) is 1.99. The monoisotopic (exact) mass is 240 g/mol. The summed E-state index contributed by atoms with van der Waals surface area (Å²) in [4.78, 5) is 13.5. The van der Waals surface area contributed by atoms with Gasteiger partial charge in [-0.1, -0.05) is 0 Å². The zero-order valence-corrected chi connectivity index (χ0v) is 9.54. The van der Waals surface area contributed by atoms with Gasteiger partial charge in [0.15, 0.2) is 0 Å². The zero-order chi connectivity index (χ0) is 12.4. The van der Waals surface area contributed by atoms with Crippen LogP contribution in [-0.2, 0) is 0 Å². The predicted octanol–water partition coefficient (Wildman–Crippen LogP) is 1.40. The van der Waals surface area contributed by atoms with Gasteiger partial charge in [-0.25, -0.2) is 8.78 Å². The molecule has 1 amide bonds. The topological polar surface area (TPSA) is 32.3 Å². The predicted molar refractivity (Wildman–Crippen MR) is 59.7 cm³/mol. The molecule has 0 unspecified atom stereocenters. The van der Waals surface area contributed by atoms with Crippen molar-refractivity contribution in [1.29, 1.82) is 0 Å². The van der Waals surface area contributed by atoms with E-state index in [1.165, 1.54) is 4.90 Å². The number of halogens is 2. The molecule has 2 rings (SSSR count). The summed E-state index contributed by atoms with van der Waals surface area (Å²) < 4.78 is 26.4. The molecule has 17 heavy (non-hydrogen) atoms. The van der Waals surface area contributed by atoms with Gasteiger partial charge in [0.25, 0.3) is 5.91 Å². The van der Waals surface area contributed by atoms with E-state index in [4.69, 9.17) is 0 Å². The third-order valence-electron chi connectivity index (χ3n) is 3.06. The molecule has 1 heterocycles. The van der Waals surface area contributed by atoms with Crippen molar-refractivity contribution in [3.8, 4) is 0 Å². The van der Waals surface area contributed by atoms with E-state index < -0.39 is 17.5 Å². The quantitative estimate of drug-likeness (QED) is 0.847. The molecule has 1 aromatic rings. The van der Waals surface area contributed by atoms with Crippen LogP contribution in [0.3, 0.4) is 0 Å². The second-order valence-corrected chi connectivity index (χ2v) is 4.19. The molecule has 5 heteroatoms. The van der Waals surface area contributed by atoms with E-state index in [0.29, 0.717) is 6.54 Å². The zero-order valence-electron chi connectivity index (χ0n) is 9.54. The number of likely N-dealkylation sites (N-methyl/N-ethyl adjacent to an activating group) is 1. The van der Waals surface area contributed by atoms with Gasteiger partial charge in [-0.05, 0) is 31.2 Å². The van der Waals surface area contributed by atoms with E-state index in [1.54, 1.807) is 7.05 Å². The van der Waals surface area contributed by atoms with Crippen LogP contribution in [0.4, 0.5) is 8.78 Å². The van der Waals surface area contributed by atoms with Gasteiger partial charge in [-0.2, -0.15) is 0 Å². The van der Waals surface area contributed by atoms with Gasteiger partial charge in [-0.15, -0.1) is 0 Å². The molecule has 0 aromatic heterocycles. The van der Waals surface area contributed by atoms with Gasteiger partial charge in [0, 0.05) is 19.6 Å². The first kappa shape index (κ1) is 12.0. The third-order valence-corrected chi connectivity index (χ3v) is 3.06. The van der Waals surface area contributed by atoms with Crippen LogP contribution in [0.1, 0.15) is 16.8 Å². The molecule has 1 aliphatic heterocycles. The van der Waals surface area contributed by atoms with Crippen molar-refractivity contribution in [2.45, 2.75) is 12.5 Å². The van der Waals surface area contributed by atoms with E-state index in [-0.39, 0.29) is 11.6 Å². The molecule has 1 saturated heterocycles. The number of carbonyl (C=O) groups excluding carboxylic acids is 1. The summed E-state index contributed by atoms with van der Waals surface area (Å²) in [5.74, 6) is -1.77. The Morgan fingerprint density at radius 3 is 2.88 bits per heavy atom. The van der Waals surface area contributed by atoms with Crippen LogP contribution < -0.4 is 5.32 Å². The molecular formula is C12H14F2N2O. The second-order valence-electron chi connectivity index (χ2n) is 4.19. The molecule has 3 nitrogen and oxygen atoms in total. The Labute approximate surface area is 98.4 Å². The highest BCUT2D eigenvalue weighted by Crippen LogP contribution is 2.15. The Bertz CT molecular complexity index is 431.